The van der Waals surface area contributed by atoms with E-state index in [1.807, 2.05) is 19.2 Å². The minimum Gasteiger partial charge on any atom is -0.363 e. The fourth-order valence-corrected chi connectivity index (χ4v) is 1.47. The molecule has 0 radical (unpaired) electrons. The molecule has 2 rings (SSSR count). The van der Waals surface area contributed by atoms with E-state index < -0.39 is 0 Å². The molecule has 16 heavy (non-hydrogen) atoms. The topological polar surface area (TPSA) is 50.7 Å². The van der Waals surface area contributed by atoms with Gasteiger partial charge in [-0.05, 0) is 24.1 Å². The van der Waals surface area contributed by atoms with E-state index in [1.165, 1.54) is 5.56 Å². The van der Waals surface area contributed by atoms with Crippen LogP contribution in [0.25, 0.3) is 0 Å². The van der Waals surface area contributed by atoms with Crippen molar-refractivity contribution in [1.82, 2.24) is 15.0 Å². The smallest absolute Gasteiger partial charge is 0.171 e. The van der Waals surface area contributed by atoms with Crippen molar-refractivity contribution in [3.8, 4) is 0 Å². The lowest BCUT2D eigenvalue weighted by molar-refractivity contribution is 1.05. The van der Waals surface area contributed by atoms with Crippen molar-refractivity contribution in [1.29, 1.82) is 0 Å². The molecule has 0 atom stereocenters. The molecule has 1 N–H and O–H groups in total. The number of hydrogen-bond donors (Lipinski definition) is 1. The second-order valence-corrected chi connectivity index (χ2v) is 3.71. The number of halogens is 1. The number of nitrogens with one attached hydrogen (secondary N) is 1. The SMILES string of the molecule is Cc1ccncc1CNc1nccnc1Cl. The Kier molecular flexibility index (Phi) is 3.31. The van der Waals surface area contributed by atoms with Crippen LogP contribution in [-0.4, -0.2) is 15.0 Å². The van der Waals surface area contributed by atoms with Gasteiger partial charge >= 0.3 is 0 Å². The Bertz CT molecular complexity index is 441. The highest BCUT2D eigenvalue weighted by molar-refractivity contribution is 6.31. The van der Waals surface area contributed by atoms with Crippen LogP contribution < -0.4 is 5.32 Å². The van der Waals surface area contributed by atoms with Gasteiger partial charge in [-0.25, -0.2) is 9.97 Å². The summed E-state index contributed by atoms with van der Waals surface area (Å²) < 4.78 is 0. The average Bonchev–Trinajstić information content (AvgIpc) is 2.30. The molecule has 5 heteroatoms. The Hall–Kier alpha value is -1.68. The van der Waals surface area contributed by atoms with E-state index in [0.717, 1.165) is 5.56 Å². The maximum atomic E-state index is 5.88. The van der Waals surface area contributed by atoms with Gasteiger partial charge in [0, 0.05) is 31.3 Å². The highest BCUT2D eigenvalue weighted by atomic mass is 35.5. The largest absolute Gasteiger partial charge is 0.363 e. The summed E-state index contributed by atoms with van der Waals surface area (Å²) in [6.45, 7) is 2.68. The van der Waals surface area contributed by atoms with Crippen LogP contribution in [0.3, 0.4) is 0 Å². The molecule has 0 aliphatic heterocycles. The van der Waals surface area contributed by atoms with E-state index in [4.69, 9.17) is 11.6 Å². The van der Waals surface area contributed by atoms with Crippen molar-refractivity contribution in [3.63, 3.8) is 0 Å². The van der Waals surface area contributed by atoms with Gasteiger partial charge in [-0.15, -0.1) is 0 Å². The van der Waals surface area contributed by atoms with Crippen molar-refractivity contribution in [2.24, 2.45) is 0 Å². The predicted octanol–water partition coefficient (Wildman–Crippen LogP) is 2.45. The van der Waals surface area contributed by atoms with Crippen LogP contribution in [0.2, 0.25) is 5.15 Å². The van der Waals surface area contributed by atoms with Gasteiger partial charge in [0.05, 0.1) is 0 Å². The van der Waals surface area contributed by atoms with E-state index in [-0.39, 0.29) is 0 Å². The summed E-state index contributed by atoms with van der Waals surface area (Å²) in [7, 11) is 0. The number of aryl methyl sites for hydroxylation is 1. The van der Waals surface area contributed by atoms with Crippen molar-refractivity contribution in [2.45, 2.75) is 13.5 Å². The molecule has 2 aromatic rings. The molecule has 0 aromatic carbocycles. The first-order chi connectivity index (χ1) is 7.77. The normalized spacial score (nSPS) is 10.1. The van der Waals surface area contributed by atoms with Gasteiger partial charge in [-0.2, -0.15) is 0 Å². The van der Waals surface area contributed by atoms with Crippen LogP contribution in [0.4, 0.5) is 5.82 Å². The Morgan fingerprint density at radius 2 is 2.06 bits per heavy atom. The standard InChI is InChI=1S/C11H11ClN4/c1-8-2-3-13-6-9(8)7-16-11-10(12)14-4-5-15-11/h2-6H,7H2,1H3,(H,15,16). The number of pyridine rings is 1. The molecule has 0 amide bonds. The van der Waals surface area contributed by atoms with Gasteiger partial charge in [-0.3, -0.25) is 4.98 Å². The molecule has 0 aliphatic rings. The van der Waals surface area contributed by atoms with Crippen LogP contribution in [0.15, 0.2) is 30.9 Å². The van der Waals surface area contributed by atoms with Crippen LogP contribution >= 0.6 is 11.6 Å². The molecule has 0 saturated carbocycles. The molecule has 4 nitrogen and oxygen atoms in total. The monoisotopic (exact) mass is 234 g/mol. The van der Waals surface area contributed by atoms with Crippen LogP contribution in [-0.2, 0) is 6.54 Å². The number of rotatable bonds is 3. The quantitative estimate of drug-likeness (QED) is 0.886. The first kappa shape index (κ1) is 10.8. The average molecular weight is 235 g/mol. The van der Waals surface area contributed by atoms with Gasteiger partial charge in [0.2, 0.25) is 0 Å². The molecule has 0 fully saturated rings. The lowest BCUT2D eigenvalue weighted by atomic mass is 10.2. The van der Waals surface area contributed by atoms with Gasteiger partial charge in [0.15, 0.2) is 11.0 Å². The number of nitrogens with zero attached hydrogens (tertiary/aromatic N) is 3. The number of anilines is 1. The minimum atomic E-state index is 0.379. The molecule has 0 aliphatic carbocycles. The van der Waals surface area contributed by atoms with E-state index in [1.54, 1.807) is 18.6 Å². The van der Waals surface area contributed by atoms with Gasteiger partial charge in [0.1, 0.15) is 0 Å². The Labute approximate surface area is 98.7 Å². The molecule has 2 aromatic heterocycles. The van der Waals surface area contributed by atoms with E-state index in [2.05, 4.69) is 20.3 Å². The summed E-state index contributed by atoms with van der Waals surface area (Å²) in [4.78, 5) is 12.1. The van der Waals surface area contributed by atoms with E-state index >= 15 is 0 Å². The fourth-order valence-electron chi connectivity index (χ4n) is 1.30. The van der Waals surface area contributed by atoms with E-state index in [9.17, 15) is 0 Å². The van der Waals surface area contributed by atoms with Crippen molar-refractivity contribution >= 4 is 17.4 Å². The van der Waals surface area contributed by atoms with Crippen LogP contribution in [0.1, 0.15) is 11.1 Å². The Balaban J connectivity index is 2.09. The summed E-state index contributed by atoms with van der Waals surface area (Å²) in [5.41, 5.74) is 2.30. The second-order valence-electron chi connectivity index (χ2n) is 3.35. The van der Waals surface area contributed by atoms with Crippen molar-refractivity contribution in [2.75, 3.05) is 5.32 Å². The lowest BCUT2D eigenvalue weighted by Crippen LogP contribution is -2.04. The molecule has 0 saturated heterocycles. The zero-order chi connectivity index (χ0) is 11.4. The fraction of sp³-hybridized carbons (Fsp3) is 0.182. The summed E-state index contributed by atoms with van der Waals surface area (Å²) in [5, 5.41) is 3.50. The molecule has 0 spiro atoms. The summed E-state index contributed by atoms with van der Waals surface area (Å²) in [6, 6.07) is 1.97. The van der Waals surface area contributed by atoms with Crippen molar-refractivity contribution < 1.29 is 0 Å². The maximum absolute atomic E-state index is 5.88. The molecule has 0 unspecified atom stereocenters. The summed E-state index contributed by atoms with van der Waals surface area (Å²) in [5.74, 6) is 0.590. The van der Waals surface area contributed by atoms with E-state index in [0.29, 0.717) is 17.5 Å². The Morgan fingerprint density at radius 3 is 2.81 bits per heavy atom. The summed E-state index contributed by atoms with van der Waals surface area (Å²) >= 11 is 5.88. The summed E-state index contributed by atoms with van der Waals surface area (Å²) in [6.07, 6.45) is 6.76. The minimum absolute atomic E-state index is 0.379. The Morgan fingerprint density at radius 1 is 1.25 bits per heavy atom. The number of hydrogen-bond acceptors (Lipinski definition) is 4. The van der Waals surface area contributed by atoms with Gasteiger partial charge in [0.25, 0.3) is 0 Å². The molecular weight excluding hydrogens is 224 g/mol. The lowest BCUT2D eigenvalue weighted by Gasteiger charge is -2.07. The van der Waals surface area contributed by atoms with Gasteiger partial charge in [-0.1, -0.05) is 11.6 Å². The van der Waals surface area contributed by atoms with Crippen LogP contribution in [0.5, 0.6) is 0 Å². The molecule has 2 heterocycles. The second kappa shape index (κ2) is 4.90. The predicted molar refractivity (Wildman–Crippen MR) is 63.3 cm³/mol. The van der Waals surface area contributed by atoms with Gasteiger partial charge < -0.3 is 5.32 Å². The molecular formula is C11H11ClN4. The first-order valence-corrected chi connectivity index (χ1v) is 5.25. The molecule has 0 bridgehead atoms. The third-order valence-electron chi connectivity index (χ3n) is 2.25. The molecule has 82 valence electrons. The third kappa shape index (κ3) is 2.46. The zero-order valence-electron chi connectivity index (χ0n) is 8.81. The number of aromatic nitrogens is 3. The van der Waals surface area contributed by atoms with Crippen LogP contribution in [0, 0.1) is 6.92 Å². The first-order valence-electron chi connectivity index (χ1n) is 4.87. The highest BCUT2D eigenvalue weighted by Crippen LogP contribution is 2.15. The zero-order valence-corrected chi connectivity index (χ0v) is 9.57. The third-order valence-corrected chi connectivity index (χ3v) is 2.52. The maximum Gasteiger partial charge on any atom is 0.171 e. The highest BCUT2D eigenvalue weighted by Gasteiger charge is 2.02. The van der Waals surface area contributed by atoms with Crippen molar-refractivity contribution in [3.05, 3.63) is 47.1 Å².